The van der Waals surface area contributed by atoms with Crippen molar-refractivity contribution in [3.8, 4) is 0 Å². The van der Waals surface area contributed by atoms with E-state index in [0.717, 1.165) is 36.9 Å². The van der Waals surface area contributed by atoms with Gasteiger partial charge in [0.1, 0.15) is 0 Å². The Kier molecular flexibility index (Phi) is 9.38. The van der Waals surface area contributed by atoms with Crippen molar-refractivity contribution in [1.82, 2.24) is 15.2 Å². The SMILES string of the molecule is CNCC1CCN(C(=O)c2cncc(Br)c2)CC1.Cl.Cl. The number of pyridine rings is 1. The van der Waals surface area contributed by atoms with Crippen molar-refractivity contribution in [3.05, 3.63) is 28.5 Å². The lowest BCUT2D eigenvalue weighted by molar-refractivity contribution is 0.0690. The van der Waals surface area contributed by atoms with E-state index in [-0.39, 0.29) is 30.7 Å². The Bertz CT molecular complexity index is 426. The number of carbonyl (C=O) groups is 1. The van der Waals surface area contributed by atoms with Crippen molar-refractivity contribution in [2.24, 2.45) is 5.92 Å². The number of carbonyl (C=O) groups excluding carboxylic acids is 1. The number of nitrogens with zero attached hydrogens (tertiary/aromatic N) is 2. The van der Waals surface area contributed by atoms with Crippen LogP contribution in [0.1, 0.15) is 23.2 Å². The van der Waals surface area contributed by atoms with E-state index in [0.29, 0.717) is 11.5 Å². The molecule has 0 radical (unpaired) electrons. The summed E-state index contributed by atoms with van der Waals surface area (Å²) in [7, 11) is 1.98. The Morgan fingerprint density at radius 2 is 2.05 bits per heavy atom. The summed E-state index contributed by atoms with van der Waals surface area (Å²) in [6.07, 6.45) is 5.48. The summed E-state index contributed by atoms with van der Waals surface area (Å²) in [6.45, 7) is 2.73. The summed E-state index contributed by atoms with van der Waals surface area (Å²) in [4.78, 5) is 18.2. The van der Waals surface area contributed by atoms with Crippen LogP contribution in [0.15, 0.2) is 22.9 Å². The maximum atomic E-state index is 12.3. The first-order valence-electron chi connectivity index (χ1n) is 6.25. The lowest BCUT2D eigenvalue weighted by Crippen LogP contribution is -2.40. The van der Waals surface area contributed by atoms with Crippen molar-refractivity contribution in [1.29, 1.82) is 0 Å². The number of aromatic nitrogens is 1. The molecule has 4 nitrogen and oxygen atoms in total. The van der Waals surface area contributed by atoms with Gasteiger partial charge in [-0.1, -0.05) is 0 Å². The highest BCUT2D eigenvalue weighted by atomic mass is 79.9. The fourth-order valence-electron chi connectivity index (χ4n) is 2.34. The molecule has 20 heavy (non-hydrogen) atoms. The Balaban J connectivity index is 0.00000180. The van der Waals surface area contributed by atoms with E-state index in [1.54, 1.807) is 12.4 Å². The van der Waals surface area contributed by atoms with E-state index in [9.17, 15) is 4.79 Å². The Labute approximate surface area is 140 Å². The van der Waals surface area contributed by atoms with Crippen molar-refractivity contribution in [2.45, 2.75) is 12.8 Å². The zero-order chi connectivity index (χ0) is 13.0. The molecule has 1 aromatic rings. The van der Waals surface area contributed by atoms with Crippen LogP contribution in [0, 0.1) is 5.92 Å². The van der Waals surface area contributed by atoms with Gasteiger partial charge < -0.3 is 10.2 Å². The van der Waals surface area contributed by atoms with Gasteiger partial charge in [0.2, 0.25) is 0 Å². The van der Waals surface area contributed by atoms with E-state index in [4.69, 9.17) is 0 Å². The molecule has 1 aliphatic heterocycles. The van der Waals surface area contributed by atoms with E-state index in [1.165, 1.54) is 0 Å². The predicted molar refractivity (Wildman–Crippen MR) is 89.0 cm³/mol. The normalized spacial score (nSPS) is 15.2. The molecule has 0 atom stereocenters. The first kappa shape index (κ1) is 19.6. The van der Waals surface area contributed by atoms with Crippen LogP contribution in [-0.4, -0.2) is 42.5 Å². The van der Waals surface area contributed by atoms with Gasteiger partial charge in [0, 0.05) is 30.0 Å². The lowest BCUT2D eigenvalue weighted by atomic mass is 9.96. The average Bonchev–Trinajstić information content (AvgIpc) is 2.39. The van der Waals surface area contributed by atoms with E-state index in [2.05, 4.69) is 26.2 Å². The van der Waals surface area contributed by atoms with Crippen LogP contribution in [0.5, 0.6) is 0 Å². The molecule has 7 heteroatoms. The van der Waals surface area contributed by atoms with Crippen LogP contribution in [-0.2, 0) is 0 Å². The number of halogens is 3. The van der Waals surface area contributed by atoms with Crippen molar-refractivity contribution in [2.75, 3.05) is 26.7 Å². The Hall–Kier alpha value is -0.360. The molecule has 114 valence electrons. The zero-order valence-electron chi connectivity index (χ0n) is 11.3. The highest BCUT2D eigenvalue weighted by Gasteiger charge is 2.23. The molecule has 1 aliphatic rings. The molecule has 0 aromatic carbocycles. The second-order valence-electron chi connectivity index (χ2n) is 4.69. The summed E-state index contributed by atoms with van der Waals surface area (Å²) in [5.41, 5.74) is 0.663. The third-order valence-electron chi connectivity index (χ3n) is 3.35. The fourth-order valence-corrected chi connectivity index (χ4v) is 2.71. The number of hydrogen-bond acceptors (Lipinski definition) is 3. The molecular weight excluding hydrogens is 365 g/mol. The molecule has 2 rings (SSSR count). The third-order valence-corrected chi connectivity index (χ3v) is 3.78. The van der Waals surface area contributed by atoms with Gasteiger partial charge >= 0.3 is 0 Å². The summed E-state index contributed by atoms with van der Waals surface area (Å²) in [5, 5.41) is 3.20. The molecular formula is C13H20BrCl2N3O. The highest BCUT2D eigenvalue weighted by molar-refractivity contribution is 9.10. The Morgan fingerprint density at radius 1 is 1.40 bits per heavy atom. The van der Waals surface area contributed by atoms with Gasteiger partial charge in [-0.3, -0.25) is 9.78 Å². The minimum atomic E-state index is 0. The van der Waals surface area contributed by atoms with Crippen LogP contribution in [0.3, 0.4) is 0 Å². The van der Waals surface area contributed by atoms with Crippen molar-refractivity contribution >= 4 is 46.7 Å². The van der Waals surface area contributed by atoms with Gasteiger partial charge in [-0.25, -0.2) is 0 Å². The standard InChI is InChI=1S/C13H18BrN3O.2ClH/c1-15-7-10-2-4-17(5-3-10)13(18)11-6-12(14)9-16-8-11;;/h6,8-10,15H,2-5,7H2,1H3;2*1H. The van der Waals surface area contributed by atoms with E-state index in [1.807, 2.05) is 18.0 Å². The quantitative estimate of drug-likeness (QED) is 0.871. The van der Waals surface area contributed by atoms with E-state index < -0.39 is 0 Å². The van der Waals surface area contributed by atoms with Crippen LogP contribution in [0.25, 0.3) is 0 Å². The van der Waals surface area contributed by atoms with Gasteiger partial charge in [-0.2, -0.15) is 0 Å². The van der Waals surface area contributed by atoms with Gasteiger partial charge in [-0.15, -0.1) is 24.8 Å². The molecule has 1 saturated heterocycles. The maximum absolute atomic E-state index is 12.3. The number of piperidine rings is 1. The Morgan fingerprint density at radius 3 is 2.60 bits per heavy atom. The molecule has 0 aliphatic carbocycles. The molecule has 0 unspecified atom stereocenters. The number of rotatable bonds is 3. The van der Waals surface area contributed by atoms with E-state index >= 15 is 0 Å². The van der Waals surface area contributed by atoms with Gasteiger partial charge in [0.25, 0.3) is 5.91 Å². The number of amides is 1. The molecule has 0 spiro atoms. The first-order valence-corrected chi connectivity index (χ1v) is 7.04. The largest absolute Gasteiger partial charge is 0.339 e. The third kappa shape index (κ3) is 5.20. The average molecular weight is 385 g/mol. The van der Waals surface area contributed by atoms with Crippen LogP contribution in [0.4, 0.5) is 0 Å². The monoisotopic (exact) mass is 383 g/mol. The minimum Gasteiger partial charge on any atom is -0.339 e. The lowest BCUT2D eigenvalue weighted by Gasteiger charge is -2.32. The summed E-state index contributed by atoms with van der Waals surface area (Å²) < 4.78 is 0.846. The zero-order valence-corrected chi connectivity index (χ0v) is 14.6. The summed E-state index contributed by atoms with van der Waals surface area (Å²) >= 11 is 3.34. The van der Waals surface area contributed by atoms with Crippen LogP contribution < -0.4 is 5.32 Å². The maximum Gasteiger partial charge on any atom is 0.255 e. The summed E-state index contributed by atoms with van der Waals surface area (Å²) in [5.74, 6) is 0.784. The highest BCUT2D eigenvalue weighted by Crippen LogP contribution is 2.19. The smallest absolute Gasteiger partial charge is 0.255 e. The van der Waals surface area contributed by atoms with Crippen LogP contribution in [0.2, 0.25) is 0 Å². The molecule has 2 heterocycles. The van der Waals surface area contributed by atoms with Crippen molar-refractivity contribution in [3.63, 3.8) is 0 Å². The van der Waals surface area contributed by atoms with Gasteiger partial charge in [-0.05, 0) is 54.3 Å². The summed E-state index contributed by atoms with van der Waals surface area (Å²) in [6, 6.07) is 1.83. The molecule has 1 N–H and O–H groups in total. The van der Waals surface area contributed by atoms with Crippen molar-refractivity contribution < 1.29 is 4.79 Å². The number of hydrogen-bond donors (Lipinski definition) is 1. The second kappa shape index (κ2) is 9.55. The molecule has 1 aromatic heterocycles. The molecule has 0 saturated carbocycles. The second-order valence-corrected chi connectivity index (χ2v) is 5.60. The van der Waals surface area contributed by atoms with Crippen LogP contribution >= 0.6 is 40.7 Å². The first-order chi connectivity index (χ1) is 8.70. The number of nitrogens with one attached hydrogen (secondary N) is 1. The van der Waals surface area contributed by atoms with Gasteiger partial charge in [0.05, 0.1) is 5.56 Å². The molecule has 1 amide bonds. The van der Waals surface area contributed by atoms with Gasteiger partial charge in [0.15, 0.2) is 0 Å². The number of likely N-dealkylation sites (tertiary alicyclic amines) is 1. The fraction of sp³-hybridized carbons (Fsp3) is 0.538. The molecule has 0 bridgehead atoms. The topological polar surface area (TPSA) is 45.2 Å². The minimum absolute atomic E-state index is 0. The predicted octanol–water partition coefficient (Wildman–Crippen LogP) is 2.76. The molecule has 1 fully saturated rings.